The van der Waals surface area contributed by atoms with Crippen molar-refractivity contribution >= 4 is 17.5 Å². The van der Waals surface area contributed by atoms with Crippen molar-refractivity contribution in [3.8, 4) is 0 Å². The van der Waals surface area contributed by atoms with E-state index in [1.807, 2.05) is 30.3 Å². The molecule has 1 aliphatic carbocycles. The van der Waals surface area contributed by atoms with E-state index in [0.29, 0.717) is 11.4 Å². The summed E-state index contributed by atoms with van der Waals surface area (Å²) in [6, 6.07) is 9.36. The highest BCUT2D eigenvalue weighted by Crippen LogP contribution is 2.43. The third-order valence-corrected chi connectivity index (χ3v) is 4.77. The Bertz CT molecular complexity index is 451. The monoisotopic (exact) mass is 260 g/mol. The molecular weight excluding hydrogens is 244 g/mol. The highest BCUT2D eigenvalue weighted by Gasteiger charge is 2.35. The number of allylic oxidation sites excluding steroid dienone is 1. The third-order valence-electron chi connectivity index (χ3n) is 3.48. The van der Waals surface area contributed by atoms with E-state index >= 15 is 0 Å². The first kappa shape index (κ1) is 11.8. The van der Waals surface area contributed by atoms with Gasteiger partial charge in [0.25, 0.3) is 0 Å². The van der Waals surface area contributed by atoms with Gasteiger partial charge in [0, 0.05) is 16.9 Å². The fourth-order valence-electron chi connectivity index (χ4n) is 2.52. The summed E-state index contributed by atoms with van der Waals surface area (Å²) in [4.78, 5) is 12.0. The Kier molecular flexibility index (Phi) is 3.41. The summed E-state index contributed by atoms with van der Waals surface area (Å²) in [6.07, 6.45) is 6.87. The number of hydrogen-bond donors (Lipinski definition) is 0. The molecule has 1 aliphatic heterocycles. The summed E-state index contributed by atoms with van der Waals surface area (Å²) in [5.41, 5.74) is 0.726. The molecule has 2 atom stereocenters. The number of fused-ring (bicyclic) bond motifs is 1. The molecule has 0 amide bonds. The Morgan fingerprint density at radius 2 is 2.00 bits per heavy atom. The molecule has 3 heteroatoms. The molecule has 2 aliphatic rings. The SMILES string of the molecule is O=C(/C=C1/OC2CCCCC2S1)c1ccccc1. The van der Waals surface area contributed by atoms with E-state index in [0.717, 1.165) is 17.1 Å². The van der Waals surface area contributed by atoms with Crippen molar-refractivity contribution < 1.29 is 9.53 Å². The van der Waals surface area contributed by atoms with Gasteiger partial charge in [-0.3, -0.25) is 4.79 Å². The number of benzene rings is 1. The van der Waals surface area contributed by atoms with Crippen LogP contribution in [0, 0.1) is 0 Å². The minimum absolute atomic E-state index is 0.0387. The van der Waals surface area contributed by atoms with Gasteiger partial charge in [0.1, 0.15) is 6.10 Å². The molecule has 18 heavy (non-hydrogen) atoms. The molecule has 94 valence electrons. The van der Waals surface area contributed by atoms with Crippen LogP contribution in [0.2, 0.25) is 0 Å². The Morgan fingerprint density at radius 3 is 2.78 bits per heavy atom. The molecule has 0 N–H and O–H groups in total. The Balaban J connectivity index is 1.72. The maximum absolute atomic E-state index is 12.0. The maximum Gasteiger partial charge on any atom is 0.190 e. The predicted molar refractivity (Wildman–Crippen MR) is 73.6 cm³/mol. The Morgan fingerprint density at radius 1 is 1.22 bits per heavy atom. The standard InChI is InChI=1S/C15H16O2S/c16-12(11-6-2-1-3-7-11)10-15-17-13-8-4-5-9-14(13)18-15/h1-3,6-7,10,13-14H,4-5,8-9H2/b15-10-. The van der Waals surface area contributed by atoms with Gasteiger partial charge in [-0.15, -0.1) is 0 Å². The van der Waals surface area contributed by atoms with Crippen LogP contribution in [-0.2, 0) is 4.74 Å². The second-order valence-electron chi connectivity index (χ2n) is 4.79. The summed E-state index contributed by atoms with van der Waals surface area (Å²) < 4.78 is 5.86. The van der Waals surface area contributed by atoms with Crippen LogP contribution in [0.3, 0.4) is 0 Å². The van der Waals surface area contributed by atoms with Gasteiger partial charge in [-0.05, 0) is 19.3 Å². The molecule has 2 nitrogen and oxygen atoms in total. The fourth-order valence-corrected chi connectivity index (χ4v) is 3.80. The second kappa shape index (κ2) is 5.19. The lowest BCUT2D eigenvalue weighted by Gasteiger charge is -2.21. The molecule has 1 saturated heterocycles. The number of rotatable bonds is 2. The van der Waals surface area contributed by atoms with Crippen LogP contribution in [0.4, 0.5) is 0 Å². The van der Waals surface area contributed by atoms with Crippen LogP contribution in [0.15, 0.2) is 41.5 Å². The van der Waals surface area contributed by atoms with Gasteiger partial charge in [-0.2, -0.15) is 0 Å². The first-order chi connectivity index (χ1) is 8.83. The van der Waals surface area contributed by atoms with E-state index in [1.165, 1.54) is 19.3 Å². The number of hydrogen-bond acceptors (Lipinski definition) is 3. The van der Waals surface area contributed by atoms with E-state index in [-0.39, 0.29) is 5.78 Å². The summed E-state index contributed by atoms with van der Waals surface area (Å²) in [5, 5.41) is 1.37. The highest BCUT2D eigenvalue weighted by atomic mass is 32.2. The van der Waals surface area contributed by atoms with Gasteiger partial charge in [0.2, 0.25) is 0 Å². The summed E-state index contributed by atoms with van der Waals surface area (Å²) in [7, 11) is 0. The molecule has 1 aromatic carbocycles. The first-order valence-electron chi connectivity index (χ1n) is 6.47. The van der Waals surface area contributed by atoms with Gasteiger partial charge in [-0.25, -0.2) is 0 Å². The molecule has 0 bridgehead atoms. The highest BCUT2D eigenvalue weighted by molar-refractivity contribution is 8.03. The third kappa shape index (κ3) is 2.46. The zero-order chi connectivity index (χ0) is 12.4. The molecule has 1 saturated carbocycles. The van der Waals surface area contributed by atoms with Crippen molar-refractivity contribution in [1.82, 2.24) is 0 Å². The van der Waals surface area contributed by atoms with Crippen LogP contribution in [0.1, 0.15) is 36.0 Å². The van der Waals surface area contributed by atoms with Crippen molar-refractivity contribution in [3.63, 3.8) is 0 Å². The summed E-state index contributed by atoms with van der Waals surface area (Å²) in [6.45, 7) is 0. The van der Waals surface area contributed by atoms with E-state index in [4.69, 9.17) is 4.74 Å². The molecule has 1 heterocycles. The number of carbonyl (C=O) groups excluding carboxylic acids is 1. The van der Waals surface area contributed by atoms with Crippen LogP contribution in [0.5, 0.6) is 0 Å². The van der Waals surface area contributed by atoms with E-state index in [2.05, 4.69) is 0 Å². The van der Waals surface area contributed by atoms with Crippen LogP contribution in [0.25, 0.3) is 0 Å². The van der Waals surface area contributed by atoms with Gasteiger partial charge < -0.3 is 4.74 Å². The predicted octanol–water partition coefficient (Wildman–Crippen LogP) is 3.79. The van der Waals surface area contributed by atoms with Crippen molar-refractivity contribution in [2.45, 2.75) is 37.0 Å². The summed E-state index contributed by atoms with van der Waals surface area (Å²) >= 11 is 1.74. The number of ketones is 1. The molecule has 2 fully saturated rings. The van der Waals surface area contributed by atoms with E-state index in [9.17, 15) is 4.79 Å². The molecule has 3 rings (SSSR count). The molecule has 0 aromatic heterocycles. The van der Waals surface area contributed by atoms with E-state index < -0.39 is 0 Å². The minimum atomic E-state index is 0.0387. The van der Waals surface area contributed by atoms with Crippen molar-refractivity contribution in [1.29, 1.82) is 0 Å². The van der Waals surface area contributed by atoms with Crippen molar-refractivity contribution in [3.05, 3.63) is 47.1 Å². The lowest BCUT2D eigenvalue weighted by atomic mass is 9.97. The van der Waals surface area contributed by atoms with Crippen LogP contribution >= 0.6 is 11.8 Å². The Hall–Kier alpha value is -1.22. The van der Waals surface area contributed by atoms with Gasteiger partial charge in [-0.1, -0.05) is 48.5 Å². The van der Waals surface area contributed by atoms with Crippen LogP contribution < -0.4 is 0 Å². The molecule has 2 unspecified atom stereocenters. The lowest BCUT2D eigenvalue weighted by Crippen LogP contribution is -2.23. The number of ether oxygens (including phenoxy) is 1. The number of carbonyl (C=O) groups is 1. The van der Waals surface area contributed by atoms with E-state index in [1.54, 1.807) is 17.8 Å². The van der Waals surface area contributed by atoms with Gasteiger partial charge >= 0.3 is 0 Å². The summed E-state index contributed by atoms with van der Waals surface area (Å²) in [5.74, 6) is 0.0387. The average Bonchev–Trinajstić information content (AvgIpc) is 2.82. The molecule has 1 aromatic rings. The first-order valence-corrected chi connectivity index (χ1v) is 7.35. The Labute approximate surface area is 111 Å². The minimum Gasteiger partial charge on any atom is -0.483 e. The molecule has 0 spiro atoms. The molecule has 0 radical (unpaired) electrons. The van der Waals surface area contributed by atoms with Crippen LogP contribution in [-0.4, -0.2) is 17.1 Å². The van der Waals surface area contributed by atoms with Crippen molar-refractivity contribution in [2.75, 3.05) is 0 Å². The lowest BCUT2D eigenvalue weighted by molar-refractivity contribution is 0.102. The van der Waals surface area contributed by atoms with Gasteiger partial charge in [0.15, 0.2) is 10.9 Å². The fraction of sp³-hybridized carbons (Fsp3) is 0.400. The zero-order valence-corrected chi connectivity index (χ0v) is 11.0. The zero-order valence-electron chi connectivity index (χ0n) is 10.2. The van der Waals surface area contributed by atoms with Gasteiger partial charge in [0.05, 0.1) is 0 Å². The topological polar surface area (TPSA) is 26.3 Å². The second-order valence-corrected chi connectivity index (χ2v) is 6.03. The average molecular weight is 260 g/mol. The largest absolute Gasteiger partial charge is 0.483 e. The molecular formula is C15H16O2S. The maximum atomic E-state index is 12.0. The normalized spacial score (nSPS) is 28.8. The number of thioether (sulfide) groups is 1. The smallest absolute Gasteiger partial charge is 0.190 e. The van der Waals surface area contributed by atoms with Crippen molar-refractivity contribution in [2.24, 2.45) is 0 Å². The quantitative estimate of drug-likeness (QED) is 0.598.